The molecule has 0 aliphatic rings. The molecule has 10 heteroatoms. The van der Waals surface area contributed by atoms with Crippen LogP contribution in [-0.2, 0) is 9.59 Å². The number of benzene rings is 1. The molecule has 0 aliphatic carbocycles. The molecule has 0 fully saturated rings. The summed E-state index contributed by atoms with van der Waals surface area (Å²) in [5.41, 5.74) is 0.364. The van der Waals surface area contributed by atoms with E-state index >= 15 is 0 Å². The normalized spacial score (nSPS) is 12.2. The maximum atomic E-state index is 11.9. The Labute approximate surface area is 135 Å². The van der Waals surface area contributed by atoms with Crippen molar-refractivity contribution in [3.8, 4) is 11.5 Å². The first-order valence-corrected chi connectivity index (χ1v) is 6.70. The molecule has 24 heavy (non-hydrogen) atoms. The molecule has 1 aromatic rings. The van der Waals surface area contributed by atoms with E-state index in [2.05, 4.69) is 0 Å². The minimum absolute atomic E-state index is 0.350. The van der Waals surface area contributed by atoms with Gasteiger partial charge in [0.25, 0.3) is 0 Å². The van der Waals surface area contributed by atoms with E-state index in [-0.39, 0.29) is 6.54 Å². The van der Waals surface area contributed by atoms with Gasteiger partial charge < -0.3 is 25.2 Å². The number of methoxy groups -OCH3 is 2. The predicted molar refractivity (Wildman–Crippen MR) is 76.6 cm³/mol. The van der Waals surface area contributed by atoms with Crippen LogP contribution >= 0.6 is 0 Å². The van der Waals surface area contributed by atoms with Gasteiger partial charge in [0.05, 0.1) is 20.3 Å². The molecule has 0 bridgehead atoms. The second-order valence-electron chi connectivity index (χ2n) is 4.64. The molecule has 0 aromatic heterocycles. The van der Waals surface area contributed by atoms with Gasteiger partial charge in [-0.3, -0.25) is 9.59 Å². The molecule has 0 spiro atoms. The molecule has 3 N–H and O–H groups in total. The summed E-state index contributed by atoms with van der Waals surface area (Å²) in [6.45, 7) is -1.98. The Balaban J connectivity index is 2.58. The van der Waals surface area contributed by atoms with Crippen molar-refractivity contribution in [2.75, 3.05) is 27.3 Å². The molecular formula is C14H17F3N2O5. The van der Waals surface area contributed by atoms with Gasteiger partial charge in [0.15, 0.2) is 11.5 Å². The van der Waals surface area contributed by atoms with Crippen LogP contribution in [0.4, 0.5) is 13.2 Å². The summed E-state index contributed by atoms with van der Waals surface area (Å²) in [7, 11) is 2.84. The first-order chi connectivity index (χ1) is 11.2. The largest absolute Gasteiger partial charge is 0.493 e. The molecule has 1 rings (SSSR count). The lowest BCUT2D eigenvalue weighted by Crippen LogP contribution is -2.44. The van der Waals surface area contributed by atoms with Gasteiger partial charge in [0.2, 0.25) is 0 Å². The van der Waals surface area contributed by atoms with Gasteiger partial charge in [-0.2, -0.15) is 13.2 Å². The summed E-state index contributed by atoms with van der Waals surface area (Å²) in [6, 6.07) is 4.52. The third-order valence-corrected chi connectivity index (χ3v) is 2.90. The Bertz CT molecular complexity index is 592. The maximum Gasteiger partial charge on any atom is 0.405 e. The Hall–Kier alpha value is -2.49. The van der Waals surface area contributed by atoms with Crippen LogP contribution in [0.1, 0.15) is 11.7 Å². The van der Waals surface area contributed by atoms with Crippen LogP contribution in [0.25, 0.3) is 0 Å². The van der Waals surface area contributed by atoms with Crippen LogP contribution in [0.2, 0.25) is 0 Å². The van der Waals surface area contributed by atoms with Crippen LogP contribution in [0.15, 0.2) is 18.2 Å². The molecule has 1 unspecified atom stereocenters. The highest BCUT2D eigenvalue weighted by atomic mass is 19.4. The first kappa shape index (κ1) is 19.6. The number of rotatable bonds is 6. The number of halogens is 3. The second kappa shape index (κ2) is 8.39. The predicted octanol–water partition coefficient (Wildman–Crippen LogP) is 0.532. The molecule has 0 aliphatic heterocycles. The number of carbonyl (C=O) groups is 2. The van der Waals surface area contributed by atoms with Crippen molar-refractivity contribution < 1.29 is 37.3 Å². The van der Waals surface area contributed by atoms with Gasteiger partial charge >= 0.3 is 18.0 Å². The highest BCUT2D eigenvalue weighted by Gasteiger charge is 2.29. The number of aliphatic hydroxyl groups excluding tert-OH is 1. The van der Waals surface area contributed by atoms with E-state index in [1.54, 1.807) is 0 Å². The molecule has 0 radical (unpaired) electrons. The van der Waals surface area contributed by atoms with Crippen molar-refractivity contribution in [2.45, 2.75) is 12.3 Å². The van der Waals surface area contributed by atoms with Crippen molar-refractivity contribution in [1.82, 2.24) is 10.6 Å². The number of hydrogen-bond donors (Lipinski definition) is 3. The van der Waals surface area contributed by atoms with Gasteiger partial charge in [-0.05, 0) is 17.7 Å². The average molecular weight is 350 g/mol. The van der Waals surface area contributed by atoms with E-state index in [1.807, 2.05) is 5.32 Å². The lowest BCUT2D eigenvalue weighted by molar-refractivity contribution is -0.146. The summed E-state index contributed by atoms with van der Waals surface area (Å²) in [6.07, 6.45) is -5.81. The number of nitrogens with one attached hydrogen (secondary N) is 2. The smallest absolute Gasteiger partial charge is 0.405 e. The molecule has 1 atom stereocenters. The zero-order valence-corrected chi connectivity index (χ0v) is 12.9. The average Bonchev–Trinajstić information content (AvgIpc) is 2.55. The van der Waals surface area contributed by atoms with Gasteiger partial charge in [0.1, 0.15) is 6.54 Å². The van der Waals surface area contributed by atoms with Gasteiger partial charge in [-0.25, -0.2) is 0 Å². The van der Waals surface area contributed by atoms with Crippen LogP contribution in [-0.4, -0.2) is 50.4 Å². The monoisotopic (exact) mass is 350 g/mol. The second-order valence-corrected chi connectivity index (χ2v) is 4.64. The third kappa shape index (κ3) is 5.95. The maximum absolute atomic E-state index is 11.9. The van der Waals surface area contributed by atoms with Crippen molar-refractivity contribution in [3.63, 3.8) is 0 Å². The number of carbonyl (C=O) groups excluding carboxylic acids is 2. The van der Waals surface area contributed by atoms with Crippen LogP contribution in [0, 0.1) is 0 Å². The van der Waals surface area contributed by atoms with Gasteiger partial charge in [0, 0.05) is 6.54 Å². The first-order valence-electron chi connectivity index (χ1n) is 6.70. The van der Waals surface area contributed by atoms with Gasteiger partial charge in [-0.1, -0.05) is 6.07 Å². The molecule has 0 heterocycles. The zero-order chi connectivity index (χ0) is 18.3. The Morgan fingerprint density at radius 3 is 2.25 bits per heavy atom. The number of ether oxygens (including phenoxy) is 2. The van der Waals surface area contributed by atoms with E-state index < -0.39 is 30.6 Å². The molecule has 7 nitrogen and oxygen atoms in total. The third-order valence-electron chi connectivity index (χ3n) is 2.90. The minimum atomic E-state index is -4.62. The van der Waals surface area contributed by atoms with Gasteiger partial charge in [-0.15, -0.1) is 0 Å². The van der Waals surface area contributed by atoms with E-state index in [4.69, 9.17) is 9.47 Å². The molecular weight excluding hydrogens is 333 g/mol. The van der Waals surface area contributed by atoms with Crippen LogP contribution < -0.4 is 20.1 Å². The van der Waals surface area contributed by atoms with Crippen LogP contribution in [0.3, 0.4) is 0 Å². The molecule has 0 saturated carbocycles. The lowest BCUT2D eigenvalue weighted by Gasteiger charge is -2.15. The Morgan fingerprint density at radius 2 is 1.71 bits per heavy atom. The summed E-state index contributed by atoms with van der Waals surface area (Å²) in [5, 5.41) is 13.4. The SMILES string of the molecule is COc1ccc(C(O)CNC(=O)C(=O)NCC(F)(F)F)cc1OC. The minimum Gasteiger partial charge on any atom is -0.493 e. The fourth-order valence-electron chi connectivity index (χ4n) is 1.71. The molecule has 1 aromatic carbocycles. The van der Waals surface area contributed by atoms with Crippen molar-refractivity contribution in [1.29, 1.82) is 0 Å². The zero-order valence-electron chi connectivity index (χ0n) is 12.9. The lowest BCUT2D eigenvalue weighted by atomic mass is 10.1. The number of hydrogen-bond acceptors (Lipinski definition) is 5. The van der Waals surface area contributed by atoms with E-state index in [9.17, 15) is 27.9 Å². The van der Waals surface area contributed by atoms with Crippen LogP contribution in [0.5, 0.6) is 11.5 Å². The number of aliphatic hydroxyl groups is 1. The topological polar surface area (TPSA) is 96.9 Å². The van der Waals surface area contributed by atoms with Crippen molar-refractivity contribution in [3.05, 3.63) is 23.8 Å². The van der Waals surface area contributed by atoms with E-state index in [0.29, 0.717) is 17.1 Å². The summed E-state index contributed by atoms with van der Waals surface area (Å²) in [4.78, 5) is 22.6. The van der Waals surface area contributed by atoms with Crippen molar-refractivity contribution in [2.24, 2.45) is 0 Å². The number of amides is 2. The Kier molecular flexibility index (Phi) is 6.83. The fraction of sp³-hybridized carbons (Fsp3) is 0.429. The summed E-state index contributed by atoms with van der Waals surface area (Å²) in [5.74, 6) is -1.93. The van der Waals surface area contributed by atoms with E-state index in [1.165, 1.54) is 37.7 Å². The highest BCUT2D eigenvalue weighted by molar-refractivity contribution is 6.35. The summed E-state index contributed by atoms with van der Waals surface area (Å²) >= 11 is 0. The standard InChI is InChI=1S/C14H17F3N2O5/c1-23-10-4-3-8(5-11(10)24-2)9(20)6-18-12(21)13(22)19-7-14(15,16)17/h3-5,9,20H,6-7H2,1-2H3,(H,18,21)(H,19,22). The number of alkyl halides is 3. The quantitative estimate of drug-likeness (QED) is 0.651. The highest BCUT2D eigenvalue weighted by Crippen LogP contribution is 2.29. The fourth-order valence-corrected chi connectivity index (χ4v) is 1.71. The molecule has 134 valence electrons. The molecule has 2 amide bonds. The van der Waals surface area contributed by atoms with E-state index in [0.717, 1.165) is 0 Å². The Morgan fingerprint density at radius 1 is 1.12 bits per heavy atom. The molecule has 0 saturated heterocycles. The van der Waals surface area contributed by atoms with Crippen molar-refractivity contribution >= 4 is 11.8 Å². The summed E-state index contributed by atoms with van der Waals surface area (Å²) < 4.78 is 45.9.